The molecule has 1 heterocycles. The predicted molar refractivity (Wildman–Crippen MR) is 42.8 cm³/mol. The van der Waals surface area contributed by atoms with Gasteiger partial charge >= 0.3 is 0 Å². The molecule has 0 saturated carbocycles. The molecule has 1 aromatic heterocycles. The van der Waals surface area contributed by atoms with Gasteiger partial charge in [0.1, 0.15) is 0 Å². The minimum atomic E-state index is 0.942. The van der Waals surface area contributed by atoms with E-state index in [1.54, 1.807) is 11.3 Å². The summed E-state index contributed by atoms with van der Waals surface area (Å²) < 4.78 is 0. The van der Waals surface area contributed by atoms with Crippen LogP contribution >= 0.6 is 11.3 Å². The van der Waals surface area contributed by atoms with Gasteiger partial charge in [0.2, 0.25) is 0 Å². The van der Waals surface area contributed by atoms with Crippen LogP contribution in [0, 0.1) is 6.92 Å². The fraction of sp³-hybridized carbons (Fsp3) is 0.429. The SMILES string of the molecule is CCc1scc(N)c1C. The first-order chi connectivity index (χ1) is 4.25. The van der Waals surface area contributed by atoms with Crippen LogP contribution in [0.25, 0.3) is 0 Å². The molecule has 0 saturated heterocycles. The zero-order chi connectivity index (χ0) is 6.85. The van der Waals surface area contributed by atoms with Crippen LogP contribution in [-0.2, 0) is 6.42 Å². The molecule has 0 aliphatic heterocycles. The maximum absolute atomic E-state index is 5.63. The molecule has 2 N–H and O–H groups in total. The average molecular weight is 141 g/mol. The second-order valence-corrected chi connectivity index (χ2v) is 3.06. The molecule has 50 valence electrons. The Hall–Kier alpha value is -0.500. The van der Waals surface area contributed by atoms with Gasteiger partial charge in [-0.3, -0.25) is 0 Å². The Bertz CT molecular complexity index is 203. The summed E-state index contributed by atoms with van der Waals surface area (Å²) in [5, 5.41) is 2.01. The average Bonchev–Trinajstić information content (AvgIpc) is 2.15. The number of hydrogen-bond donors (Lipinski definition) is 1. The summed E-state index contributed by atoms with van der Waals surface area (Å²) in [6, 6.07) is 0. The largest absolute Gasteiger partial charge is 0.398 e. The molecule has 0 fully saturated rings. The maximum Gasteiger partial charge on any atom is 0.0455 e. The molecule has 1 nitrogen and oxygen atoms in total. The lowest BCUT2D eigenvalue weighted by Crippen LogP contribution is -1.84. The number of rotatable bonds is 1. The van der Waals surface area contributed by atoms with Crippen LogP contribution in [0.15, 0.2) is 5.38 Å². The van der Waals surface area contributed by atoms with E-state index in [9.17, 15) is 0 Å². The van der Waals surface area contributed by atoms with Crippen molar-refractivity contribution in [2.45, 2.75) is 20.3 Å². The third-order valence-electron chi connectivity index (χ3n) is 1.50. The van der Waals surface area contributed by atoms with Gasteiger partial charge in [-0.2, -0.15) is 0 Å². The highest BCUT2D eigenvalue weighted by molar-refractivity contribution is 7.10. The summed E-state index contributed by atoms with van der Waals surface area (Å²) in [4.78, 5) is 1.41. The highest BCUT2D eigenvalue weighted by Crippen LogP contribution is 2.23. The molecule has 0 bridgehead atoms. The van der Waals surface area contributed by atoms with Gasteiger partial charge in [-0.15, -0.1) is 11.3 Å². The van der Waals surface area contributed by atoms with Crippen molar-refractivity contribution >= 4 is 17.0 Å². The first-order valence-electron chi connectivity index (χ1n) is 3.08. The standard InChI is InChI=1S/C7H11NS/c1-3-7-5(2)6(8)4-9-7/h4H,3,8H2,1-2H3. The van der Waals surface area contributed by atoms with Crippen molar-refractivity contribution in [1.29, 1.82) is 0 Å². The van der Waals surface area contributed by atoms with E-state index in [0.717, 1.165) is 12.1 Å². The predicted octanol–water partition coefficient (Wildman–Crippen LogP) is 2.20. The van der Waals surface area contributed by atoms with E-state index in [2.05, 4.69) is 13.8 Å². The molecule has 0 unspecified atom stereocenters. The summed E-state index contributed by atoms with van der Waals surface area (Å²) in [5.74, 6) is 0. The molecule has 2 heteroatoms. The van der Waals surface area contributed by atoms with Crippen molar-refractivity contribution in [2.75, 3.05) is 5.73 Å². The number of anilines is 1. The van der Waals surface area contributed by atoms with Gasteiger partial charge in [0.25, 0.3) is 0 Å². The van der Waals surface area contributed by atoms with Gasteiger partial charge in [-0.05, 0) is 18.9 Å². The molecule has 0 atom stereocenters. The lowest BCUT2D eigenvalue weighted by Gasteiger charge is -1.91. The van der Waals surface area contributed by atoms with Crippen molar-refractivity contribution in [3.05, 3.63) is 15.8 Å². The van der Waals surface area contributed by atoms with Crippen LogP contribution in [0.3, 0.4) is 0 Å². The zero-order valence-electron chi connectivity index (χ0n) is 5.77. The van der Waals surface area contributed by atoms with E-state index in [0.29, 0.717) is 0 Å². The maximum atomic E-state index is 5.63. The first kappa shape index (κ1) is 6.62. The third kappa shape index (κ3) is 1.08. The Morgan fingerprint density at radius 3 is 2.56 bits per heavy atom. The summed E-state index contributed by atoms with van der Waals surface area (Å²) in [5.41, 5.74) is 7.83. The Morgan fingerprint density at radius 2 is 2.33 bits per heavy atom. The third-order valence-corrected chi connectivity index (χ3v) is 2.75. The second-order valence-electron chi connectivity index (χ2n) is 2.09. The Labute approximate surface area is 59.5 Å². The Morgan fingerprint density at radius 1 is 1.67 bits per heavy atom. The number of hydrogen-bond acceptors (Lipinski definition) is 2. The Kier molecular flexibility index (Phi) is 1.76. The van der Waals surface area contributed by atoms with Crippen LogP contribution < -0.4 is 5.73 Å². The normalized spacial score (nSPS) is 10.0. The van der Waals surface area contributed by atoms with E-state index in [1.165, 1.54) is 10.4 Å². The molecule has 1 aromatic rings. The van der Waals surface area contributed by atoms with Crippen molar-refractivity contribution in [3.63, 3.8) is 0 Å². The Balaban J connectivity index is 3.04. The van der Waals surface area contributed by atoms with Gasteiger partial charge in [-0.25, -0.2) is 0 Å². The van der Waals surface area contributed by atoms with Gasteiger partial charge < -0.3 is 5.73 Å². The molecule has 0 aliphatic carbocycles. The monoisotopic (exact) mass is 141 g/mol. The topological polar surface area (TPSA) is 26.0 Å². The summed E-state index contributed by atoms with van der Waals surface area (Å²) in [6.45, 7) is 4.23. The molecule has 0 aromatic carbocycles. The van der Waals surface area contributed by atoms with Crippen LogP contribution in [0.5, 0.6) is 0 Å². The minimum Gasteiger partial charge on any atom is -0.398 e. The smallest absolute Gasteiger partial charge is 0.0455 e. The van der Waals surface area contributed by atoms with Crippen LogP contribution in [0.2, 0.25) is 0 Å². The van der Waals surface area contributed by atoms with Crippen LogP contribution in [-0.4, -0.2) is 0 Å². The summed E-state index contributed by atoms with van der Waals surface area (Å²) >= 11 is 1.75. The van der Waals surface area contributed by atoms with E-state index in [4.69, 9.17) is 5.73 Å². The van der Waals surface area contributed by atoms with Crippen LogP contribution in [0.4, 0.5) is 5.69 Å². The number of nitrogen functional groups attached to an aromatic ring is 1. The van der Waals surface area contributed by atoms with Crippen LogP contribution in [0.1, 0.15) is 17.4 Å². The zero-order valence-corrected chi connectivity index (χ0v) is 6.59. The van der Waals surface area contributed by atoms with Crippen molar-refractivity contribution in [1.82, 2.24) is 0 Å². The van der Waals surface area contributed by atoms with Crippen molar-refractivity contribution < 1.29 is 0 Å². The second kappa shape index (κ2) is 2.40. The number of aryl methyl sites for hydroxylation is 1. The number of nitrogens with two attached hydrogens (primary N) is 1. The quantitative estimate of drug-likeness (QED) is 0.637. The van der Waals surface area contributed by atoms with E-state index >= 15 is 0 Å². The lowest BCUT2D eigenvalue weighted by atomic mass is 10.2. The van der Waals surface area contributed by atoms with E-state index < -0.39 is 0 Å². The molecule has 0 radical (unpaired) electrons. The molecule has 0 aliphatic rings. The summed E-state index contributed by atoms with van der Waals surface area (Å²) in [7, 11) is 0. The minimum absolute atomic E-state index is 0.942. The van der Waals surface area contributed by atoms with Gasteiger partial charge in [-0.1, -0.05) is 6.92 Å². The van der Waals surface area contributed by atoms with E-state index in [1.807, 2.05) is 5.38 Å². The summed E-state index contributed by atoms with van der Waals surface area (Å²) in [6.07, 6.45) is 1.10. The van der Waals surface area contributed by atoms with Gasteiger partial charge in [0.05, 0.1) is 0 Å². The highest BCUT2D eigenvalue weighted by Gasteiger charge is 2.00. The highest BCUT2D eigenvalue weighted by atomic mass is 32.1. The van der Waals surface area contributed by atoms with E-state index in [-0.39, 0.29) is 0 Å². The molecule has 9 heavy (non-hydrogen) atoms. The molecule has 0 spiro atoms. The molecule has 1 rings (SSSR count). The number of thiophene rings is 1. The molecule has 0 amide bonds. The van der Waals surface area contributed by atoms with Crippen molar-refractivity contribution in [2.24, 2.45) is 0 Å². The van der Waals surface area contributed by atoms with Gasteiger partial charge in [0, 0.05) is 15.9 Å². The van der Waals surface area contributed by atoms with Gasteiger partial charge in [0.15, 0.2) is 0 Å². The fourth-order valence-corrected chi connectivity index (χ4v) is 1.73. The first-order valence-corrected chi connectivity index (χ1v) is 3.96. The molecular weight excluding hydrogens is 130 g/mol. The lowest BCUT2D eigenvalue weighted by molar-refractivity contribution is 1.16. The fourth-order valence-electron chi connectivity index (χ4n) is 0.821. The van der Waals surface area contributed by atoms with Crippen molar-refractivity contribution in [3.8, 4) is 0 Å². The molecular formula is C7H11NS.